The van der Waals surface area contributed by atoms with Gasteiger partial charge in [-0.3, -0.25) is 14.6 Å². The summed E-state index contributed by atoms with van der Waals surface area (Å²) >= 11 is 0. The lowest BCUT2D eigenvalue weighted by atomic mass is 9.95. The molecule has 2 atom stereocenters. The zero-order valence-electron chi connectivity index (χ0n) is 21.3. The largest absolute Gasteiger partial charge is 0.510 e. The monoisotopic (exact) mass is 552 g/mol. The van der Waals surface area contributed by atoms with E-state index in [1.54, 1.807) is 36.5 Å². The van der Waals surface area contributed by atoms with Crippen LogP contribution >= 0.6 is 0 Å². The van der Waals surface area contributed by atoms with Crippen LogP contribution in [0.4, 0.5) is 9.59 Å². The number of ether oxygens (including phenoxy) is 5. The number of amides is 4. The molecule has 0 spiro atoms. The lowest BCUT2D eigenvalue weighted by Gasteiger charge is -2.29. The molecule has 3 aromatic rings. The van der Waals surface area contributed by atoms with Gasteiger partial charge in [0.05, 0.1) is 20.3 Å². The van der Waals surface area contributed by atoms with Crippen molar-refractivity contribution < 1.29 is 47.3 Å². The van der Waals surface area contributed by atoms with Gasteiger partial charge in [-0.15, -0.1) is 0 Å². The summed E-state index contributed by atoms with van der Waals surface area (Å²) < 4.78 is 31.5. The number of carbonyl (C=O) groups is 4. The van der Waals surface area contributed by atoms with Crippen molar-refractivity contribution in [3.8, 4) is 5.75 Å². The number of rotatable bonds is 8. The molecule has 4 amide bonds. The first-order valence-electron chi connectivity index (χ1n) is 12.3. The number of furan rings is 1. The van der Waals surface area contributed by atoms with Gasteiger partial charge < -0.3 is 38.3 Å². The Bertz CT molecular complexity index is 1470. The van der Waals surface area contributed by atoms with Crippen LogP contribution in [0, 0.1) is 0 Å². The normalized spacial score (nSPS) is 22.1. The van der Waals surface area contributed by atoms with Gasteiger partial charge in [-0.2, -0.15) is 0 Å². The number of urea groups is 1. The molecule has 2 saturated heterocycles. The van der Waals surface area contributed by atoms with E-state index in [0.717, 1.165) is 10.5 Å². The summed E-state index contributed by atoms with van der Waals surface area (Å²) in [6, 6.07) is 7.50. The lowest BCUT2D eigenvalue weighted by Crippen LogP contribution is -2.52. The van der Waals surface area contributed by atoms with Gasteiger partial charge in [0.1, 0.15) is 36.6 Å². The van der Waals surface area contributed by atoms with Gasteiger partial charge >= 0.3 is 12.2 Å². The third-order valence-corrected chi connectivity index (χ3v) is 6.93. The van der Waals surface area contributed by atoms with Gasteiger partial charge in [0, 0.05) is 29.9 Å². The van der Waals surface area contributed by atoms with Crippen LogP contribution in [0.15, 0.2) is 47.1 Å². The molecular formula is C26H24N4O10. The van der Waals surface area contributed by atoms with Crippen molar-refractivity contribution in [2.24, 2.45) is 0 Å². The van der Waals surface area contributed by atoms with E-state index in [-0.39, 0.29) is 44.8 Å². The number of hydrogen-bond acceptors (Lipinski definition) is 11. The van der Waals surface area contributed by atoms with Crippen LogP contribution in [0.3, 0.4) is 0 Å². The molecule has 14 heteroatoms. The molecule has 5 heterocycles. The highest BCUT2D eigenvalue weighted by Gasteiger charge is 2.57. The number of nitrogens with one attached hydrogen (secondary N) is 1. The molecule has 0 radical (unpaired) electrons. The number of benzene rings is 1. The molecule has 40 heavy (non-hydrogen) atoms. The fourth-order valence-electron chi connectivity index (χ4n) is 4.86. The van der Waals surface area contributed by atoms with Crippen molar-refractivity contribution in [2.75, 3.05) is 40.4 Å². The molecule has 1 N–H and O–H groups in total. The summed E-state index contributed by atoms with van der Waals surface area (Å²) in [5.74, 6) is -0.504. The molecule has 1 unspecified atom stereocenters. The number of fused-ring (bicyclic) bond motifs is 2. The fourth-order valence-corrected chi connectivity index (χ4v) is 4.86. The molecule has 3 aliphatic rings. The maximum atomic E-state index is 13.9. The molecule has 2 fully saturated rings. The van der Waals surface area contributed by atoms with E-state index in [9.17, 15) is 19.2 Å². The molecule has 6 rings (SSSR count). The summed E-state index contributed by atoms with van der Waals surface area (Å²) in [6.07, 6.45) is 1.56. The zero-order valence-corrected chi connectivity index (χ0v) is 21.3. The Labute approximate surface area is 226 Å². The van der Waals surface area contributed by atoms with Crippen LogP contribution in [0.1, 0.15) is 21.7 Å². The number of hydrogen-bond donors (Lipinski definition) is 1. The van der Waals surface area contributed by atoms with Crippen LogP contribution in [0.2, 0.25) is 0 Å². The summed E-state index contributed by atoms with van der Waals surface area (Å²) in [5, 5.41) is 3.27. The summed E-state index contributed by atoms with van der Waals surface area (Å²) in [5.41, 5.74) is -0.199. The first-order chi connectivity index (χ1) is 19.4. The number of carbonyl (C=O) groups excluding carboxylic acids is 4. The van der Waals surface area contributed by atoms with Crippen molar-refractivity contribution in [3.05, 3.63) is 59.6 Å². The quantitative estimate of drug-likeness (QED) is 0.320. The van der Waals surface area contributed by atoms with E-state index in [1.165, 1.54) is 18.2 Å². The van der Waals surface area contributed by atoms with E-state index in [1.807, 2.05) is 0 Å². The van der Waals surface area contributed by atoms with Crippen LogP contribution in [-0.4, -0.2) is 85.3 Å². The van der Waals surface area contributed by atoms with Crippen molar-refractivity contribution in [3.63, 3.8) is 0 Å². The van der Waals surface area contributed by atoms with Crippen molar-refractivity contribution >= 4 is 35.0 Å². The van der Waals surface area contributed by atoms with E-state index in [4.69, 9.17) is 28.1 Å². The maximum absolute atomic E-state index is 13.9. The smallest absolute Gasteiger partial charge is 0.497 e. The molecule has 1 aromatic carbocycles. The second-order valence-corrected chi connectivity index (χ2v) is 9.39. The number of imide groups is 1. The number of methoxy groups -OCH3 is 1. The SMILES string of the molecule is COc1ccc2c(c1)C(=O)N(C[C@@]1(c3cc4cnccc4o3)NC(=O)N(COC(=O)OCC3COCO3)C1=O)C2. The fraction of sp³-hybridized carbons (Fsp3) is 0.346. The molecule has 0 saturated carbocycles. The van der Waals surface area contributed by atoms with Crippen LogP contribution in [0.25, 0.3) is 11.0 Å². The Balaban J connectivity index is 1.25. The predicted octanol–water partition coefficient (Wildman–Crippen LogP) is 1.72. The van der Waals surface area contributed by atoms with Crippen LogP contribution < -0.4 is 10.1 Å². The summed E-state index contributed by atoms with van der Waals surface area (Å²) in [6.45, 7) is -0.522. The van der Waals surface area contributed by atoms with Gasteiger partial charge in [0.25, 0.3) is 11.8 Å². The van der Waals surface area contributed by atoms with E-state index in [0.29, 0.717) is 22.3 Å². The van der Waals surface area contributed by atoms with Gasteiger partial charge in [0.2, 0.25) is 0 Å². The first kappa shape index (κ1) is 25.6. The second-order valence-electron chi connectivity index (χ2n) is 9.39. The summed E-state index contributed by atoms with van der Waals surface area (Å²) in [7, 11) is 1.50. The molecule has 0 bridgehead atoms. The highest BCUT2D eigenvalue weighted by molar-refractivity contribution is 6.08. The van der Waals surface area contributed by atoms with Crippen LogP contribution in [0.5, 0.6) is 5.75 Å². The Hall–Kier alpha value is -4.69. The number of aromatic nitrogens is 1. The highest BCUT2D eigenvalue weighted by Crippen LogP contribution is 2.37. The Morgan fingerprint density at radius 3 is 2.85 bits per heavy atom. The Morgan fingerprint density at radius 2 is 2.08 bits per heavy atom. The Kier molecular flexibility index (Phi) is 6.48. The molecule has 2 aromatic heterocycles. The minimum absolute atomic E-state index is 0.0960. The van der Waals surface area contributed by atoms with Gasteiger partial charge in [-0.05, 0) is 29.8 Å². The topological polar surface area (TPSA) is 159 Å². The standard InChI is InChI=1S/C26H24N4O10/c1-35-17-3-2-15-9-29(22(31)19(15)7-17)12-26(21-6-16-8-27-5-4-20(16)40-21)23(32)30(24(33)28-26)13-38-25(34)37-11-18-10-36-14-39-18/h2-8,18H,9-14H2,1H3,(H,28,33)/t18?,26-/m0/s1. The number of nitrogens with zero attached hydrogens (tertiary/aromatic N) is 3. The average Bonchev–Trinajstić information content (AvgIpc) is 3.74. The van der Waals surface area contributed by atoms with Crippen molar-refractivity contribution in [1.29, 1.82) is 0 Å². The lowest BCUT2D eigenvalue weighted by molar-refractivity contribution is -0.135. The molecule has 0 aliphatic carbocycles. The third-order valence-electron chi connectivity index (χ3n) is 6.93. The predicted molar refractivity (Wildman–Crippen MR) is 132 cm³/mol. The van der Waals surface area contributed by atoms with E-state index in [2.05, 4.69) is 10.3 Å². The minimum atomic E-state index is -1.81. The van der Waals surface area contributed by atoms with Gasteiger partial charge in [0.15, 0.2) is 12.3 Å². The van der Waals surface area contributed by atoms with Crippen molar-refractivity contribution in [2.45, 2.75) is 18.2 Å². The highest BCUT2D eigenvalue weighted by atomic mass is 16.7. The van der Waals surface area contributed by atoms with Gasteiger partial charge in [-0.25, -0.2) is 14.5 Å². The van der Waals surface area contributed by atoms with Crippen LogP contribution in [-0.2, 0) is 35.8 Å². The number of pyridine rings is 1. The summed E-state index contributed by atoms with van der Waals surface area (Å²) in [4.78, 5) is 58.7. The molecule has 3 aliphatic heterocycles. The molecule has 208 valence electrons. The second kappa shape index (κ2) is 10.1. The van der Waals surface area contributed by atoms with Gasteiger partial charge in [-0.1, -0.05) is 6.07 Å². The third kappa shape index (κ3) is 4.46. The molecule has 14 nitrogen and oxygen atoms in total. The first-order valence-corrected chi connectivity index (χ1v) is 12.3. The molecular weight excluding hydrogens is 528 g/mol. The van der Waals surface area contributed by atoms with Crippen molar-refractivity contribution in [1.82, 2.24) is 20.1 Å². The average molecular weight is 552 g/mol. The van der Waals surface area contributed by atoms with E-state index >= 15 is 0 Å². The maximum Gasteiger partial charge on any atom is 0.510 e. The van der Waals surface area contributed by atoms with E-state index < -0.39 is 36.5 Å². The zero-order chi connectivity index (χ0) is 27.9. The Morgan fingerprint density at radius 1 is 1.20 bits per heavy atom. The minimum Gasteiger partial charge on any atom is -0.497 e.